The molecule has 2 unspecified atom stereocenters. The van der Waals surface area contributed by atoms with Crippen LogP contribution in [0.15, 0.2) is 36.7 Å². The summed E-state index contributed by atoms with van der Waals surface area (Å²) in [6, 6.07) is 5.67. The van der Waals surface area contributed by atoms with Gasteiger partial charge in [-0.3, -0.25) is 4.79 Å². The number of hydrogen-bond donors (Lipinski definition) is 1. The fourth-order valence-electron chi connectivity index (χ4n) is 2.93. The van der Waals surface area contributed by atoms with Gasteiger partial charge in [0, 0.05) is 45.1 Å². The van der Waals surface area contributed by atoms with Crippen LogP contribution in [0.3, 0.4) is 0 Å². The van der Waals surface area contributed by atoms with Crippen molar-refractivity contribution < 1.29 is 13.9 Å². The van der Waals surface area contributed by atoms with Gasteiger partial charge in [-0.15, -0.1) is 0 Å². The van der Waals surface area contributed by atoms with E-state index in [1.807, 2.05) is 17.8 Å². The number of nitrogens with zero attached hydrogens (tertiary/aromatic N) is 3. The Bertz CT molecular complexity index is 718. The van der Waals surface area contributed by atoms with Gasteiger partial charge in [-0.1, -0.05) is 6.07 Å². The Kier molecular flexibility index (Phi) is 4.80. The molecule has 1 N–H and O–H groups in total. The highest BCUT2D eigenvalue weighted by atomic mass is 19.1. The van der Waals surface area contributed by atoms with Crippen molar-refractivity contribution in [2.75, 3.05) is 19.6 Å². The number of piperazine rings is 1. The third-order valence-corrected chi connectivity index (χ3v) is 4.14. The Hall–Kier alpha value is -2.41. The normalized spacial score (nSPS) is 19.1. The molecule has 128 valence electrons. The van der Waals surface area contributed by atoms with Crippen molar-refractivity contribution in [1.82, 2.24) is 19.8 Å². The van der Waals surface area contributed by atoms with Crippen molar-refractivity contribution in [1.29, 1.82) is 0 Å². The highest BCUT2D eigenvalue weighted by molar-refractivity contribution is 5.81. The van der Waals surface area contributed by atoms with E-state index in [9.17, 15) is 9.18 Å². The van der Waals surface area contributed by atoms with Crippen LogP contribution in [0.4, 0.5) is 4.39 Å². The predicted octanol–water partition coefficient (Wildman–Crippen LogP) is 1.50. The average Bonchev–Trinajstić information content (AvgIpc) is 3.00. The number of benzene rings is 1. The summed E-state index contributed by atoms with van der Waals surface area (Å²) < 4.78 is 20.8. The van der Waals surface area contributed by atoms with Crippen LogP contribution in [0.2, 0.25) is 0 Å². The van der Waals surface area contributed by atoms with Crippen molar-refractivity contribution >= 4 is 5.91 Å². The van der Waals surface area contributed by atoms with Crippen LogP contribution in [0.1, 0.15) is 18.8 Å². The van der Waals surface area contributed by atoms with Gasteiger partial charge in [-0.05, 0) is 19.1 Å². The summed E-state index contributed by atoms with van der Waals surface area (Å²) in [5, 5.41) is 3.29. The lowest BCUT2D eigenvalue weighted by Gasteiger charge is -2.37. The second-order valence-corrected chi connectivity index (χ2v) is 5.87. The zero-order valence-electron chi connectivity index (χ0n) is 13.8. The molecule has 24 heavy (non-hydrogen) atoms. The van der Waals surface area contributed by atoms with Gasteiger partial charge >= 0.3 is 0 Å². The second-order valence-electron chi connectivity index (χ2n) is 5.87. The third-order valence-electron chi connectivity index (χ3n) is 4.14. The van der Waals surface area contributed by atoms with Crippen LogP contribution < -0.4 is 10.1 Å². The van der Waals surface area contributed by atoms with E-state index in [1.165, 1.54) is 12.1 Å². The maximum atomic E-state index is 13.3. The zero-order valence-corrected chi connectivity index (χ0v) is 13.8. The maximum Gasteiger partial charge on any atom is 0.264 e. The van der Waals surface area contributed by atoms with E-state index >= 15 is 0 Å². The van der Waals surface area contributed by atoms with Crippen LogP contribution >= 0.6 is 0 Å². The number of hydrogen-bond acceptors (Lipinski definition) is 4. The standard InChI is InChI=1S/C17H21FN4O2/c1-12(24-14-5-3-4-13(18)10-14)17(23)22-9-6-19-11-15(22)16-20-7-8-21(16)2/h3-5,7-8,10,12,15,19H,6,9,11H2,1-2H3. The third kappa shape index (κ3) is 3.41. The lowest BCUT2D eigenvalue weighted by Crippen LogP contribution is -2.52. The van der Waals surface area contributed by atoms with E-state index in [1.54, 1.807) is 30.2 Å². The Morgan fingerprint density at radius 2 is 2.33 bits per heavy atom. The molecule has 2 aromatic rings. The highest BCUT2D eigenvalue weighted by Crippen LogP contribution is 2.22. The molecule has 1 saturated heterocycles. The van der Waals surface area contributed by atoms with Crippen molar-refractivity contribution in [2.24, 2.45) is 7.05 Å². The average molecular weight is 332 g/mol. The molecule has 1 fully saturated rings. The number of amides is 1. The molecule has 0 radical (unpaired) electrons. The number of aryl methyl sites for hydroxylation is 1. The molecule has 0 aliphatic carbocycles. The predicted molar refractivity (Wildman–Crippen MR) is 87.0 cm³/mol. The zero-order chi connectivity index (χ0) is 17.1. The number of aromatic nitrogens is 2. The quantitative estimate of drug-likeness (QED) is 0.922. The maximum absolute atomic E-state index is 13.3. The number of nitrogens with one attached hydrogen (secondary N) is 1. The van der Waals surface area contributed by atoms with Gasteiger partial charge in [0.15, 0.2) is 6.10 Å². The minimum atomic E-state index is -0.701. The molecule has 7 heteroatoms. The van der Waals surface area contributed by atoms with Gasteiger partial charge in [-0.2, -0.15) is 0 Å². The minimum absolute atomic E-state index is 0.131. The molecule has 1 aliphatic heterocycles. The minimum Gasteiger partial charge on any atom is -0.481 e. The number of carbonyl (C=O) groups is 1. The van der Waals surface area contributed by atoms with Gasteiger partial charge in [0.1, 0.15) is 23.4 Å². The summed E-state index contributed by atoms with van der Waals surface area (Å²) in [6.45, 7) is 3.63. The van der Waals surface area contributed by atoms with Crippen LogP contribution in [-0.2, 0) is 11.8 Å². The molecular formula is C17H21FN4O2. The molecule has 6 nitrogen and oxygen atoms in total. The summed E-state index contributed by atoms with van der Waals surface area (Å²) in [7, 11) is 1.91. The van der Waals surface area contributed by atoms with Crippen LogP contribution in [-0.4, -0.2) is 46.1 Å². The van der Waals surface area contributed by atoms with Gasteiger partial charge in [0.05, 0.1) is 0 Å². The number of rotatable bonds is 4. The largest absolute Gasteiger partial charge is 0.481 e. The summed E-state index contributed by atoms with van der Waals surface area (Å²) in [6.07, 6.45) is 2.88. The number of ether oxygens (including phenoxy) is 1. The van der Waals surface area contributed by atoms with E-state index in [2.05, 4.69) is 10.3 Å². The fourth-order valence-corrected chi connectivity index (χ4v) is 2.93. The molecule has 0 bridgehead atoms. The van der Waals surface area contributed by atoms with Crippen molar-refractivity contribution in [3.05, 3.63) is 48.3 Å². The number of halogens is 1. The van der Waals surface area contributed by atoms with Crippen molar-refractivity contribution in [2.45, 2.75) is 19.1 Å². The molecule has 0 saturated carbocycles. The Balaban J connectivity index is 1.75. The molecule has 3 rings (SSSR count). The monoisotopic (exact) mass is 332 g/mol. The van der Waals surface area contributed by atoms with Gasteiger partial charge in [0.2, 0.25) is 0 Å². The van der Waals surface area contributed by atoms with Crippen LogP contribution in [0.5, 0.6) is 5.75 Å². The molecule has 0 spiro atoms. The Morgan fingerprint density at radius 1 is 1.50 bits per heavy atom. The summed E-state index contributed by atoms with van der Waals surface area (Å²) in [4.78, 5) is 19.0. The summed E-state index contributed by atoms with van der Waals surface area (Å²) in [5.74, 6) is 0.655. The lowest BCUT2D eigenvalue weighted by atomic mass is 10.1. The molecule has 2 heterocycles. The van der Waals surface area contributed by atoms with E-state index in [0.717, 1.165) is 12.4 Å². The first-order valence-corrected chi connectivity index (χ1v) is 7.97. The summed E-state index contributed by atoms with van der Waals surface area (Å²) in [5.41, 5.74) is 0. The van der Waals surface area contributed by atoms with Crippen LogP contribution in [0.25, 0.3) is 0 Å². The molecular weight excluding hydrogens is 311 g/mol. The first kappa shape index (κ1) is 16.4. The van der Waals surface area contributed by atoms with E-state index in [-0.39, 0.29) is 17.8 Å². The van der Waals surface area contributed by atoms with Gasteiger partial charge in [0.25, 0.3) is 5.91 Å². The van der Waals surface area contributed by atoms with Gasteiger partial charge in [-0.25, -0.2) is 9.37 Å². The SMILES string of the molecule is CC(Oc1cccc(F)c1)C(=O)N1CCNCC1c1nccn1C. The molecule has 1 aliphatic rings. The lowest BCUT2D eigenvalue weighted by molar-refractivity contribution is -0.141. The molecule has 1 aromatic carbocycles. The molecule has 1 aromatic heterocycles. The smallest absolute Gasteiger partial charge is 0.264 e. The topological polar surface area (TPSA) is 59.4 Å². The first-order chi connectivity index (χ1) is 11.6. The van der Waals surface area contributed by atoms with Gasteiger partial charge < -0.3 is 19.5 Å². The molecule has 1 amide bonds. The second kappa shape index (κ2) is 7.00. The van der Waals surface area contributed by atoms with E-state index in [4.69, 9.17) is 4.74 Å². The van der Waals surface area contributed by atoms with Crippen LogP contribution in [0, 0.1) is 5.82 Å². The Morgan fingerprint density at radius 3 is 3.04 bits per heavy atom. The van der Waals surface area contributed by atoms with E-state index < -0.39 is 6.10 Å². The molecule has 2 atom stereocenters. The van der Waals surface area contributed by atoms with Crippen molar-refractivity contribution in [3.8, 4) is 5.75 Å². The van der Waals surface area contributed by atoms with E-state index in [0.29, 0.717) is 18.8 Å². The highest BCUT2D eigenvalue weighted by Gasteiger charge is 2.33. The number of imidazole rings is 1. The van der Waals surface area contributed by atoms with Crippen molar-refractivity contribution in [3.63, 3.8) is 0 Å². The Labute approximate surface area is 140 Å². The fraction of sp³-hybridized carbons (Fsp3) is 0.412. The number of carbonyl (C=O) groups excluding carboxylic acids is 1. The summed E-state index contributed by atoms with van der Waals surface area (Å²) >= 11 is 0. The first-order valence-electron chi connectivity index (χ1n) is 7.97.